The fourth-order valence-corrected chi connectivity index (χ4v) is 2.46. The molecule has 0 fully saturated rings. The van der Waals surface area contributed by atoms with Crippen molar-refractivity contribution < 1.29 is 9.59 Å². The van der Waals surface area contributed by atoms with Gasteiger partial charge in [0.15, 0.2) is 0 Å². The maximum absolute atomic E-state index is 11.5. The molecular formula is C11H14BrN3O2S. The van der Waals surface area contributed by atoms with Crippen LogP contribution in [0, 0.1) is 0 Å². The second kappa shape index (κ2) is 7.27. The number of nitrogen functional groups attached to an aromatic ring is 1. The summed E-state index contributed by atoms with van der Waals surface area (Å²) in [4.78, 5) is 23.4. The zero-order valence-electron chi connectivity index (χ0n) is 9.83. The normalized spacial score (nSPS) is 9.89. The molecule has 0 saturated carbocycles. The highest BCUT2D eigenvalue weighted by Crippen LogP contribution is 2.27. The van der Waals surface area contributed by atoms with Gasteiger partial charge >= 0.3 is 6.03 Å². The minimum Gasteiger partial charge on any atom is -0.398 e. The van der Waals surface area contributed by atoms with E-state index in [2.05, 4.69) is 26.6 Å². The molecule has 0 aliphatic carbocycles. The molecule has 0 heterocycles. The Labute approximate surface area is 118 Å². The van der Waals surface area contributed by atoms with Gasteiger partial charge in [0.2, 0.25) is 5.91 Å². The van der Waals surface area contributed by atoms with Crippen LogP contribution in [-0.2, 0) is 4.79 Å². The SMILES string of the molecule is CCNC(=O)NC(=O)CSc1cc(Br)ccc1N. The third kappa shape index (κ3) is 4.97. The molecular weight excluding hydrogens is 318 g/mol. The van der Waals surface area contributed by atoms with Crippen LogP contribution < -0.4 is 16.4 Å². The van der Waals surface area contributed by atoms with Gasteiger partial charge in [0.1, 0.15) is 0 Å². The smallest absolute Gasteiger partial charge is 0.321 e. The molecule has 98 valence electrons. The Morgan fingerprint density at radius 3 is 2.83 bits per heavy atom. The lowest BCUT2D eigenvalue weighted by atomic mass is 10.3. The van der Waals surface area contributed by atoms with E-state index in [1.54, 1.807) is 13.0 Å². The van der Waals surface area contributed by atoms with Crippen LogP contribution in [-0.4, -0.2) is 24.2 Å². The van der Waals surface area contributed by atoms with E-state index in [-0.39, 0.29) is 11.7 Å². The monoisotopic (exact) mass is 331 g/mol. The van der Waals surface area contributed by atoms with E-state index in [1.807, 2.05) is 12.1 Å². The molecule has 0 atom stereocenters. The molecule has 0 spiro atoms. The van der Waals surface area contributed by atoms with Crippen molar-refractivity contribution in [2.45, 2.75) is 11.8 Å². The summed E-state index contributed by atoms with van der Waals surface area (Å²) in [7, 11) is 0. The number of benzene rings is 1. The number of hydrogen-bond donors (Lipinski definition) is 3. The highest BCUT2D eigenvalue weighted by atomic mass is 79.9. The second-order valence-electron chi connectivity index (χ2n) is 3.38. The predicted octanol–water partition coefficient (Wildman–Crippen LogP) is 1.97. The molecule has 1 rings (SSSR count). The molecule has 18 heavy (non-hydrogen) atoms. The molecule has 1 aromatic carbocycles. The fraction of sp³-hybridized carbons (Fsp3) is 0.273. The third-order valence-corrected chi connectivity index (χ3v) is 3.49. The first-order valence-electron chi connectivity index (χ1n) is 5.28. The Bertz CT molecular complexity index is 454. The number of thioether (sulfide) groups is 1. The predicted molar refractivity (Wildman–Crippen MR) is 76.5 cm³/mol. The van der Waals surface area contributed by atoms with Crippen molar-refractivity contribution in [3.63, 3.8) is 0 Å². The summed E-state index contributed by atoms with van der Waals surface area (Å²) >= 11 is 4.61. The average molecular weight is 332 g/mol. The van der Waals surface area contributed by atoms with Gasteiger partial charge in [-0.15, -0.1) is 11.8 Å². The lowest BCUT2D eigenvalue weighted by Gasteiger charge is -2.06. The van der Waals surface area contributed by atoms with Gasteiger partial charge in [-0.05, 0) is 25.1 Å². The summed E-state index contributed by atoms with van der Waals surface area (Å²) in [5.41, 5.74) is 6.38. The molecule has 0 radical (unpaired) electrons. The molecule has 0 unspecified atom stereocenters. The highest BCUT2D eigenvalue weighted by Gasteiger charge is 2.08. The average Bonchev–Trinajstić information content (AvgIpc) is 2.30. The van der Waals surface area contributed by atoms with Crippen molar-refractivity contribution in [1.29, 1.82) is 0 Å². The van der Waals surface area contributed by atoms with Crippen LogP contribution in [0.15, 0.2) is 27.6 Å². The summed E-state index contributed by atoms with van der Waals surface area (Å²) in [6, 6.07) is 4.94. The van der Waals surface area contributed by atoms with Crippen LogP contribution in [0.25, 0.3) is 0 Å². The van der Waals surface area contributed by atoms with Gasteiger partial charge in [-0.25, -0.2) is 4.79 Å². The number of halogens is 1. The van der Waals surface area contributed by atoms with Crippen LogP contribution in [0.3, 0.4) is 0 Å². The Morgan fingerprint density at radius 2 is 2.17 bits per heavy atom. The number of rotatable bonds is 4. The molecule has 0 saturated heterocycles. The Morgan fingerprint density at radius 1 is 1.44 bits per heavy atom. The van der Waals surface area contributed by atoms with Gasteiger partial charge in [-0.1, -0.05) is 15.9 Å². The summed E-state index contributed by atoms with van der Waals surface area (Å²) < 4.78 is 0.892. The molecule has 3 amide bonds. The van der Waals surface area contributed by atoms with Crippen molar-refractivity contribution >= 4 is 45.3 Å². The maximum atomic E-state index is 11.5. The molecule has 0 bridgehead atoms. The minimum absolute atomic E-state index is 0.137. The molecule has 4 N–H and O–H groups in total. The van der Waals surface area contributed by atoms with E-state index in [4.69, 9.17) is 5.73 Å². The van der Waals surface area contributed by atoms with Gasteiger partial charge in [0.25, 0.3) is 0 Å². The van der Waals surface area contributed by atoms with Crippen molar-refractivity contribution in [2.24, 2.45) is 0 Å². The number of anilines is 1. The summed E-state index contributed by atoms with van der Waals surface area (Å²) in [5.74, 6) is -0.219. The number of hydrogen-bond acceptors (Lipinski definition) is 4. The quantitative estimate of drug-likeness (QED) is 0.581. The van der Waals surface area contributed by atoms with Gasteiger partial charge in [0, 0.05) is 21.6 Å². The molecule has 1 aromatic rings. The van der Waals surface area contributed by atoms with Crippen LogP contribution in [0.1, 0.15) is 6.92 Å². The zero-order valence-corrected chi connectivity index (χ0v) is 12.2. The second-order valence-corrected chi connectivity index (χ2v) is 5.31. The minimum atomic E-state index is -0.481. The molecule has 0 aliphatic heterocycles. The number of amides is 3. The highest BCUT2D eigenvalue weighted by molar-refractivity contribution is 9.10. The van der Waals surface area contributed by atoms with Crippen molar-refractivity contribution in [2.75, 3.05) is 18.0 Å². The Hall–Kier alpha value is -1.21. The first-order valence-corrected chi connectivity index (χ1v) is 7.06. The van der Waals surface area contributed by atoms with E-state index < -0.39 is 6.03 Å². The number of imide groups is 1. The lowest BCUT2D eigenvalue weighted by Crippen LogP contribution is -2.40. The van der Waals surface area contributed by atoms with Crippen LogP contribution in [0.4, 0.5) is 10.5 Å². The number of carbonyl (C=O) groups excluding carboxylic acids is 2. The third-order valence-electron chi connectivity index (χ3n) is 1.92. The van der Waals surface area contributed by atoms with E-state index in [0.29, 0.717) is 12.2 Å². The summed E-state index contributed by atoms with van der Waals surface area (Å²) in [6.07, 6.45) is 0. The van der Waals surface area contributed by atoms with Crippen molar-refractivity contribution in [1.82, 2.24) is 10.6 Å². The summed E-state index contributed by atoms with van der Waals surface area (Å²) in [5, 5.41) is 4.71. The van der Waals surface area contributed by atoms with Crippen LogP contribution in [0.2, 0.25) is 0 Å². The Kier molecular flexibility index (Phi) is 6.00. The van der Waals surface area contributed by atoms with Crippen LogP contribution >= 0.6 is 27.7 Å². The maximum Gasteiger partial charge on any atom is 0.321 e. The van der Waals surface area contributed by atoms with E-state index >= 15 is 0 Å². The summed E-state index contributed by atoms with van der Waals surface area (Å²) in [6.45, 7) is 2.26. The van der Waals surface area contributed by atoms with Crippen molar-refractivity contribution in [3.05, 3.63) is 22.7 Å². The topological polar surface area (TPSA) is 84.2 Å². The fourth-order valence-electron chi connectivity index (χ4n) is 1.14. The van der Waals surface area contributed by atoms with Crippen LogP contribution in [0.5, 0.6) is 0 Å². The molecule has 7 heteroatoms. The van der Waals surface area contributed by atoms with E-state index in [9.17, 15) is 9.59 Å². The first kappa shape index (κ1) is 14.8. The standard InChI is InChI=1S/C11H14BrN3O2S/c1-2-14-11(17)15-10(16)6-18-9-5-7(12)3-4-8(9)13/h3-5H,2,6,13H2,1H3,(H2,14,15,16,17). The molecule has 0 aliphatic rings. The molecule has 5 nitrogen and oxygen atoms in total. The van der Waals surface area contributed by atoms with E-state index in [1.165, 1.54) is 11.8 Å². The van der Waals surface area contributed by atoms with Crippen molar-refractivity contribution in [3.8, 4) is 0 Å². The van der Waals surface area contributed by atoms with Gasteiger partial charge in [-0.3, -0.25) is 10.1 Å². The number of carbonyl (C=O) groups is 2. The van der Waals surface area contributed by atoms with Gasteiger partial charge in [-0.2, -0.15) is 0 Å². The number of urea groups is 1. The van der Waals surface area contributed by atoms with Gasteiger partial charge in [0.05, 0.1) is 5.75 Å². The lowest BCUT2D eigenvalue weighted by molar-refractivity contribution is -0.117. The largest absolute Gasteiger partial charge is 0.398 e. The zero-order chi connectivity index (χ0) is 13.5. The van der Waals surface area contributed by atoms with E-state index in [0.717, 1.165) is 9.37 Å². The number of nitrogens with one attached hydrogen (secondary N) is 2. The number of nitrogens with two attached hydrogens (primary N) is 1. The molecule has 0 aromatic heterocycles. The first-order chi connectivity index (χ1) is 8.52. The van der Waals surface area contributed by atoms with Gasteiger partial charge < -0.3 is 11.1 Å². The Balaban J connectivity index is 2.47.